The average molecular weight is 344 g/mol. The number of halogens is 1. The van der Waals surface area contributed by atoms with Crippen LogP contribution in [0.3, 0.4) is 0 Å². The number of nitrogens with one attached hydrogen (secondary N) is 1. The Morgan fingerprint density at radius 1 is 1.24 bits per heavy atom. The zero-order valence-electron chi connectivity index (χ0n) is 14.3. The van der Waals surface area contributed by atoms with E-state index in [9.17, 15) is 9.18 Å². The van der Waals surface area contributed by atoms with Gasteiger partial charge >= 0.3 is 6.09 Å². The van der Waals surface area contributed by atoms with Crippen molar-refractivity contribution in [3.8, 4) is 0 Å². The van der Waals surface area contributed by atoms with Crippen LogP contribution < -0.4 is 10.2 Å². The van der Waals surface area contributed by atoms with E-state index in [1.807, 2.05) is 42.2 Å². The molecule has 1 aliphatic rings. The average Bonchev–Trinajstić information content (AvgIpc) is 2.59. The zero-order valence-corrected chi connectivity index (χ0v) is 14.3. The minimum atomic E-state index is -0.619. The van der Waals surface area contributed by atoms with Gasteiger partial charge in [0.15, 0.2) is 0 Å². The molecule has 25 heavy (non-hydrogen) atoms. The van der Waals surface area contributed by atoms with Crippen molar-refractivity contribution in [1.82, 2.24) is 0 Å². The van der Waals surface area contributed by atoms with Gasteiger partial charge in [0.1, 0.15) is 12.4 Å². The number of hydrogen-bond acceptors (Lipinski definition) is 4. The largest absolute Gasteiger partial charge is 0.444 e. The van der Waals surface area contributed by atoms with Crippen LogP contribution in [0.25, 0.3) is 0 Å². The third-order valence-electron chi connectivity index (χ3n) is 4.29. The van der Waals surface area contributed by atoms with E-state index in [1.165, 1.54) is 6.07 Å². The summed E-state index contributed by atoms with van der Waals surface area (Å²) in [5.41, 5.74) is 1.51. The van der Waals surface area contributed by atoms with E-state index in [0.717, 1.165) is 5.56 Å². The Kier molecular flexibility index (Phi) is 4.90. The highest BCUT2D eigenvalue weighted by molar-refractivity contribution is 5.85. The van der Waals surface area contributed by atoms with E-state index in [0.29, 0.717) is 24.5 Å². The van der Waals surface area contributed by atoms with Gasteiger partial charge in [0.2, 0.25) is 0 Å². The topological polar surface area (TPSA) is 50.8 Å². The molecule has 0 aromatic heterocycles. The maximum absolute atomic E-state index is 14.3. The smallest absolute Gasteiger partial charge is 0.411 e. The first kappa shape index (κ1) is 17.2. The molecule has 1 heterocycles. The van der Waals surface area contributed by atoms with E-state index in [-0.39, 0.29) is 18.0 Å². The minimum absolute atomic E-state index is 0.163. The van der Waals surface area contributed by atoms with Crippen molar-refractivity contribution in [2.24, 2.45) is 0 Å². The van der Waals surface area contributed by atoms with Gasteiger partial charge in [-0.3, -0.25) is 5.32 Å². The summed E-state index contributed by atoms with van der Waals surface area (Å²) in [5, 5.41) is 2.54. The summed E-state index contributed by atoms with van der Waals surface area (Å²) in [6.45, 7) is 3.41. The molecule has 5 nitrogen and oxygen atoms in total. The molecule has 0 unspecified atom stereocenters. The van der Waals surface area contributed by atoms with Crippen molar-refractivity contribution >= 4 is 17.5 Å². The van der Waals surface area contributed by atoms with Crippen LogP contribution in [0.15, 0.2) is 48.5 Å². The molecule has 132 valence electrons. The molecule has 1 N–H and O–H groups in total. The van der Waals surface area contributed by atoms with Crippen molar-refractivity contribution in [3.05, 3.63) is 59.9 Å². The van der Waals surface area contributed by atoms with Crippen LogP contribution >= 0.6 is 0 Å². The maximum Gasteiger partial charge on any atom is 0.411 e. The number of amides is 1. The lowest BCUT2D eigenvalue weighted by atomic mass is 9.95. The van der Waals surface area contributed by atoms with Crippen LogP contribution in [0.4, 0.5) is 20.6 Å². The van der Waals surface area contributed by atoms with Gasteiger partial charge in [-0.1, -0.05) is 30.3 Å². The third-order valence-corrected chi connectivity index (χ3v) is 4.29. The molecule has 2 aromatic rings. The molecule has 2 aromatic carbocycles. The normalized spacial score (nSPS) is 15.4. The summed E-state index contributed by atoms with van der Waals surface area (Å²) >= 11 is 0. The highest BCUT2D eigenvalue weighted by atomic mass is 19.1. The van der Waals surface area contributed by atoms with E-state index in [4.69, 9.17) is 9.47 Å². The number of nitrogens with zero attached hydrogens (tertiary/aromatic N) is 1. The monoisotopic (exact) mass is 344 g/mol. The quantitative estimate of drug-likeness (QED) is 0.896. The van der Waals surface area contributed by atoms with Crippen LogP contribution in [0.2, 0.25) is 0 Å². The fourth-order valence-corrected chi connectivity index (χ4v) is 2.78. The van der Waals surface area contributed by atoms with Crippen LogP contribution in [-0.2, 0) is 16.1 Å². The number of methoxy groups -OCH3 is 1. The lowest BCUT2D eigenvalue weighted by Crippen LogP contribution is -2.61. The molecule has 0 atom stereocenters. The van der Waals surface area contributed by atoms with Gasteiger partial charge in [-0.15, -0.1) is 0 Å². The van der Waals surface area contributed by atoms with Crippen molar-refractivity contribution in [2.45, 2.75) is 19.1 Å². The summed E-state index contributed by atoms with van der Waals surface area (Å²) in [7, 11) is 1.65. The van der Waals surface area contributed by atoms with E-state index >= 15 is 0 Å². The number of anilines is 2. The summed E-state index contributed by atoms with van der Waals surface area (Å²) in [6.07, 6.45) is -0.619. The van der Waals surface area contributed by atoms with Gasteiger partial charge in [-0.25, -0.2) is 9.18 Å². The second-order valence-corrected chi connectivity index (χ2v) is 6.36. The molecule has 3 rings (SSSR count). The Hall–Kier alpha value is -2.60. The van der Waals surface area contributed by atoms with Gasteiger partial charge in [0, 0.05) is 25.9 Å². The second-order valence-electron chi connectivity index (χ2n) is 6.36. The zero-order chi connectivity index (χ0) is 17.9. The highest BCUT2D eigenvalue weighted by Crippen LogP contribution is 2.32. The van der Waals surface area contributed by atoms with E-state index in [2.05, 4.69) is 5.32 Å². The summed E-state index contributed by atoms with van der Waals surface area (Å²) < 4.78 is 24.8. The Balaban J connectivity index is 1.55. The third kappa shape index (κ3) is 4.09. The Morgan fingerprint density at radius 3 is 2.60 bits per heavy atom. The molecule has 1 fully saturated rings. The highest BCUT2D eigenvalue weighted by Gasteiger charge is 2.39. The number of benzene rings is 2. The molecular formula is C19H21FN2O3. The number of hydrogen-bond donors (Lipinski definition) is 1. The fourth-order valence-electron chi connectivity index (χ4n) is 2.78. The number of ether oxygens (including phenoxy) is 2. The van der Waals surface area contributed by atoms with Gasteiger partial charge in [-0.2, -0.15) is 0 Å². The molecular weight excluding hydrogens is 323 g/mol. The summed E-state index contributed by atoms with van der Waals surface area (Å²) in [4.78, 5) is 13.7. The molecule has 0 aliphatic carbocycles. The first-order valence-corrected chi connectivity index (χ1v) is 8.06. The van der Waals surface area contributed by atoms with E-state index < -0.39 is 6.09 Å². The van der Waals surface area contributed by atoms with Crippen molar-refractivity contribution in [3.63, 3.8) is 0 Å². The van der Waals surface area contributed by atoms with Crippen LogP contribution in [0, 0.1) is 5.82 Å². The van der Waals surface area contributed by atoms with E-state index in [1.54, 1.807) is 19.2 Å². The molecule has 1 amide bonds. The molecule has 1 aliphatic heterocycles. The number of carbonyl (C=O) groups excluding carboxylic acids is 1. The predicted octanol–water partition coefficient (Wildman–Crippen LogP) is 3.80. The maximum atomic E-state index is 14.3. The van der Waals surface area contributed by atoms with Gasteiger partial charge in [0.25, 0.3) is 0 Å². The standard InChI is InChI=1S/C19H21FN2O3/c1-19(24-2)12-22(13-19)17-9-8-15(10-16(17)20)21-18(23)25-11-14-6-4-3-5-7-14/h3-10H,11-13H2,1-2H3,(H,21,23). The van der Waals surface area contributed by atoms with Crippen molar-refractivity contribution < 1.29 is 18.7 Å². The Morgan fingerprint density at radius 2 is 1.96 bits per heavy atom. The lowest BCUT2D eigenvalue weighted by molar-refractivity contribution is -0.0170. The molecule has 0 spiro atoms. The van der Waals surface area contributed by atoms with Gasteiger partial charge in [-0.05, 0) is 30.7 Å². The molecule has 6 heteroatoms. The molecule has 0 saturated carbocycles. The predicted molar refractivity (Wildman–Crippen MR) is 94.3 cm³/mol. The first-order valence-electron chi connectivity index (χ1n) is 8.06. The molecule has 1 saturated heterocycles. The fraction of sp³-hybridized carbons (Fsp3) is 0.316. The molecule has 0 radical (unpaired) electrons. The Labute approximate surface area is 146 Å². The number of rotatable bonds is 5. The number of carbonyl (C=O) groups is 1. The van der Waals surface area contributed by atoms with Crippen LogP contribution in [0.5, 0.6) is 0 Å². The SMILES string of the molecule is COC1(C)CN(c2ccc(NC(=O)OCc3ccccc3)cc2F)C1. The lowest BCUT2D eigenvalue weighted by Gasteiger charge is -2.48. The summed E-state index contributed by atoms with van der Waals surface area (Å²) in [6, 6.07) is 14.0. The van der Waals surface area contributed by atoms with Crippen LogP contribution in [0.1, 0.15) is 12.5 Å². The molecule has 0 bridgehead atoms. The van der Waals surface area contributed by atoms with Crippen molar-refractivity contribution in [2.75, 3.05) is 30.4 Å². The van der Waals surface area contributed by atoms with Gasteiger partial charge < -0.3 is 14.4 Å². The second kappa shape index (κ2) is 7.11. The van der Waals surface area contributed by atoms with Crippen LogP contribution in [-0.4, -0.2) is 31.9 Å². The summed E-state index contributed by atoms with van der Waals surface area (Å²) in [5.74, 6) is -0.390. The first-order chi connectivity index (χ1) is 12.0. The van der Waals surface area contributed by atoms with Crippen molar-refractivity contribution in [1.29, 1.82) is 0 Å². The Bertz CT molecular complexity index is 746. The van der Waals surface area contributed by atoms with Gasteiger partial charge in [0.05, 0.1) is 11.3 Å². The minimum Gasteiger partial charge on any atom is -0.444 e.